The SMILES string of the molecule is CC(C)c1ccc(CO)c(CCc2n[nH]c(Cc3cccc(Cl)c3)c2C(N)=O)c1. The molecule has 0 fully saturated rings. The summed E-state index contributed by atoms with van der Waals surface area (Å²) in [7, 11) is 0. The van der Waals surface area contributed by atoms with Crippen molar-refractivity contribution >= 4 is 17.5 Å². The van der Waals surface area contributed by atoms with E-state index in [9.17, 15) is 9.90 Å². The number of aromatic amines is 1. The Balaban J connectivity index is 1.84. The number of halogens is 1. The van der Waals surface area contributed by atoms with Crippen LogP contribution in [-0.2, 0) is 25.9 Å². The second kappa shape index (κ2) is 9.25. The van der Waals surface area contributed by atoms with E-state index in [1.54, 1.807) is 0 Å². The molecule has 3 aromatic rings. The molecule has 1 heterocycles. The number of carbonyl (C=O) groups is 1. The molecule has 0 spiro atoms. The zero-order chi connectivity index (χ0) is 21.0. The lowest BCUT2D eigenvalue weighted by Crippen LogP contribution is -2.15. The number of nitrogens with zero attached hydrogens (tertiary/aromatic N) is 1. The van der Waals surface area contributed by atoms with E-state index in [4.69, 9.17) is 17.3 Å². The van der Waals surface area contributed by atoms with Crippen LogP contribution in [0.15, 0.2) is 42.5 Å². The Hall–Kier alpha value is -2.63. The summed E-state index contributed by atoms with van der Waals surface area (Å²) < 4.78 is 0. The Morgan fingerprint density at radius 2 is 1.97 bits per heavy atom. The zero-order valence-electron chi connectivity index (χ0n) is 16.7. The molecule has 6 heteroatoms. The minimum atomic E-state index is -0.496. The van der Waals surface area contributed by atoms with Gasteiger partial charge in [0.05, 0.1) is 23.6 Å². The molecule has 0 saturated carbocycles. The van der Waals surface area contributed by atoms with Crippen molar-refractivity contribution in [1.29, 1.82) is 0 Å². The van der Waals surface area contributed by atoms with Crippen molar-refractivity contribution in [3.8, 4) is 0 Å². The molecule has 1 aromatic heterocycles. The Bertz CT molecular complexity index is 1010. The van der Waals surface area contributed by atoms with Crippen LogP contribution in [0.25, 0.3) is 0 Å². The van der Waals surface area contributed by atoms with Gasteiger partial charge >= 0.3 is 0 Å². The molecule has 0 aliphatic carbocycles. The van der Waals surface area contributed by atoms with Gasteiger partial charge in [0.1, 0.15) is 0 Å². The number of aliphatic hydroxyl groups excluding tert-OH is 1. The number of hydrogen-bond donors (Lipinski definition) is 3. The number of aromatic nitrogens is 2. The van der Waals surface area contributed by atoms with Gasteiger partial charge in [-0.1, -0.05) is 55.8 Å². The van der Waals surface area contributed by atoms with Crippen molar-refractivity contribution in [3.63, 3.8) is 0 Å². The molecule has 4 N–H and O–H groups in total. The van der Waals surface area contributed by atoms with Crippen LogP contribution in [0.4, 0.5) is 0 Å². The molecule has 0 aliphatic heterocycles. The summed E-state index contributed by atoms with van der Waals surface area (Å²) in [5.41, 5.74) is 11.6. The highest BCUT2D eigenvalue weighted by Crippen LogP contribution is 2.23. The van der Waals surface area contributed by atoms with Crippen LogP contribution in [0, 0.1) is 0 Å². The standard InChI is InChI=1S/C23H26ClN3O2/c1-14(2)16-6-7-18(13-28)17(12-16)8-9-20-22(23(25)29)21(27-26-20)11-15-4-3-5-19(24)10-15/h3-7,10,12,14,28H,8-9,11,13H2,1-2H3,(H2,25,29)(H,26,27). The first-order valence-electron chi connectivity index (χ1n) is 9.72. The Morgan fingerprint density at radius 1 is 1.17 bits per heavy atom. The topological polar surface area (TPSA) is 92.0 Å². The first-order chi connectivity index (χ1) is 13.9. The number of rotatable bonds is 8. The molecule has 5 nitrogen and oxygen atoms in total. The van der Waals surface area contributed by atoms with Gasteiger partial charge < -0.3 is 10.8 Å². The Kier molecular flexibility index (Phi) is 6.72. The van der Waals surface area contributed by atoms with Crippen LogP contribution in [0.3, 0.4) is 0 Å². The maximum atomic E-state index is 12.1. The summed E-state index contributed by atoms with van der Waals surface area (Å²) in [4.78, 5) is 12.1. The first kappa shape index (κ1) is 21.1. The van der Waals surface area contributed by atoms with E-state index >= 15 is 0 Å². The van der Waals surface area contributed by atoms with Crippen molar-refractivity contribution in [2.24, 2.45) is 5.73 Å². The molecule has 0 saturated heterocycles. The summed E-state index contributed by atoms with van der Waals surface area (Å²) >= 11 is 6.06. The summed E-state index contributed by atoms with van der Waals surface area (Å²) in [5, 5.41) is 17.7. The van der Waals surface area contributed by atoms with Gasteiger partial charge in [0.2, 0.25) is 0 Å². The smallest absolute Gasteiger partial charge is 0.252 e. The average Bonchev–Trinajstić information content (AvgIpc) is 3.08. The molecule has 0 unspecified atom stereocenters. The monoisotopic (exact) mass is 411 g/mol. The lowest BCUT2D eigenvalue weighted by atomic mass is 9.94. The van der Waals surface area contributed by atoms with Crippen LogP contribution in [-0.4, -0.2) is 21.2 Å². The molecule has 0 atom stereocenters. The molecule has 0 radical (unpaired) electrons. The normalized spacial score (nSPS) is 11.2. The number of aliphatic hydroxyl groups is 1. The Morgan fingerprint density at radius 3 is 2.62 bits per heavy atom. The number of hydrogen-bond acceptors (Lipinski definition) is 3. The first-order valence-corrected chi connectivity index (χ1v) is 10.1. The number of carbonyl (C=O) groups excluding carboxylic acids is 1. The third kappa shape index (κ3) is 5.05. The number of primary amides is 1. The van der Waals surface area contributed by atoms with Crippen molar-refractivity contribution in [3.05, 3.63) is 86.7 Å². The highest BCUT2D eigenvalue weighted by molar-refractivity contribution is 6.30. The third-order valence-corrected chi connectivity index (χ3v) is 5.37. The molecular weight excluding hydrogens is 386 g/mol. The van der Waals surface area contributed by atoms with E-state index in [0.717, 1.165) is 16.7 Å². The molecule has 1 amide bonds. The van der Waals surface area contributed by atoms with E-state index in [1.165, 1.54) is 5.56 Å². The van der Waals surface area contributed by atoms with Crippen molar-refractivity contribution in [1.82, 2.24) is 10.2 Å². The fourth-order valence-electron chi connectivity index (χ4n) is 3.52. The van der Waals surface area contributed by atoms with Gasteiger partial charge in [-0.15, -0.1) is 0 Å². The number of aryl methyl sites for hydroxylation is 2. The fourth-order valence-corrected chi connectivity index (χ4v) is 3.73. The highest BCUT2D eigenvalue weighted by Gasteiger charge is 2.19. The summed E-state index contributed by atoms with van der Waals surface area (Å²) in [5.74, 6) is -0.0959. The van der Waals surface area contributed by atoms with E-state index in [1.807, 2.05) is 36.4 Å². The summed E-state index contributed by atoms with van der Waals surface area (Å²) in [6, 6.07) is 13.6. The fraction of sp³-hybridized carbons (Fsp3) is 0.304. The largest absolute Gasteiger partial charge is 0.392 e. The number of nitrogens with one attached hydrogen (secondary N) is 1. The van der Waals surface area contributed by atoms with Crippen LogP contribution >= 0.6 is 11.6 Å². The number of H-pyrrole nitrogens is 1. The molecule has 3 rings (SSSR count). The third-order valence-electron chi connectivity index (χ3n) is 5.13. The van der Waals surface area contributed by atoms with Gasteiger partial charge in [-0.2, -0.15) is 5.10 Å². The van der Waals surface area contributed by atoms with E-state index < -0.39 is 5.91 Å². The van der Waals surface area contributed by atoms with E-state index in [2.05, 4.69) is 30.1 Å². The highest BCUT2D eigenvalue weighted by atomic mass is 35.5. The maximum Gasteiger partial charge on any atom is 0.252 e. The van der Waals surface area contributed by atoms with Gasteiger partial charge in [0.15, 0.2) is 0 Å². The number of amides is 1. The molecule has 0 aliphatic rings. The molecular formula is C23H26ClN3O2. The lowest BCUT2D eigenvalue weighted by Gasteiger charge is -2.12. The number of nitrogens with two attached hydrogens (primary N) is 1. The van der Waals surface area contributed by atoms with E-state index in [0.29, 0.717) is 47.2 Å². The van der Waals surface area contributed by atoms with Crippen LogP contribution in [0.2, 0.25) is 5.02 Å². The van der Waals surface area contributed by atoms with Gasteiger partial charge in [0.25, 0.3) is 5.91 Å². The lowest BCUT2D eigenvalue weighted by molar-refractivity contribution is 0.0998. The quantitative estimate of drug-likeness (QED) is 0.519. The second-order valence-corrected chi connectivity index (χ2v) is 7.97. The van der Waals surface area contributed by atoms with Crippen molar-refractivity contribution in [2.75, 3.05) is 0 Å². The number of benzene rings is 2. The van der Waals surface area contributed by atoms with Gasteiger partial charge in [-0.25, -0.2) is 0 Å². The van der Waals surface area contributed by atoms with Crippen molar-refractivity contribution < 1.29 is 9.90 Å². The van der Waals surface area contributed by atoms with Gasteiger partial charge in [-0.3, -0.25) is 9.89 Å². The van der Waals surface area contributed by atoms with Crippen LogP contribution in [0.5, 0.6) is 0 Å². The summed E-state index contributed by atoms with van der Waals surface area (Å²) in [6.07, 6.45) is 1.72. The van der Waals surface area contributed by atoms with Crippen LogP contribution in [0.1, 0.15) is 63.8 Å². The van der Waals surface area contributed by atoms with E-state index in [-0.39, 0.29) is 6.61 Å². The zero-order valence-corrected chi connectivity index (χ0v) is 17.5. The average molecular weight is 412 g/mol. The van der Waals surface area contributed by atoms with Crippen molar-refractivity contribution in [2.45, 2.75) is 45.6 Å². The molecule has 29 heavy (non-hydrogen) atoms. The maximum absolute atomic E-state index is 12.1. The minimum absolute atomic E-state index is 0.0169. The Labute approximate surface area is 175 Å². The van der Waals surface area contributed by atoms with Crippen LogP contribution < -0.4 is 5.73 Å². The van der Waals surface area contributed by atoms with Gasteiger partial charge in [-0.05, 0) is 53.1 Å². The minimum Gasteiger partial charge on any atom is -0.392 e. The molecule has 152 valence electrons. The predicted octanol–water partition coefficient (Wildman–Crippen LogP) is 4.15. The predicted molar refractivity (Wildman–Crippen MR) is 115 cm³/mol. The molecule has 0 bridgehead atoms. The summed E-state index contributed by atoms with van der Waals surface area (Å²) in [6.45, 7) is 4.26. The molecule has 2 aromatic carbocycles. The van der Waals surface area contributed by atoms with Gasteiger partial charge in [0, 0.05) is 11.4 Å². The second-order valence-electron chi connectivity index (χ2n) is 7.54.